The van der Waals surface area contributed by atoms with Crippen molar-refractivity contribution in [2.45, 2.75) is 33.3 Å². The molecule has 0 spiro atoms. The van der Waals surface area contributed by atoms with Crippen LogP contribution in [0.4, 0.5) is 5.69 Å². The van der Waals surface area contributed by atoms with E-state index in [1.807, 2.05) is 45.0 Å². The third kappa shape index (κ3) is 4.36. The van der Waals surface area contributed by atoms with E-state index in [2.05, 4.69) is 20.6 Å². The van der Waals surface area contributed by atoms with Crippen LogP contribution in [0.15, 0.2) is 42.5 Å². The van der Waals surface area contributed by atoms with E-state index in [1.54, 1.807) is 29.8 Å². The lowest BCUT2D eigenvalue weighted by Gasteiger charge is -2.13. The minimum atomic E-state index is -0.254. The molecule has 0 aliphatic heterocycles. The molecule has 0 radical (unpaired) electrons. The van der Waals surface area contributed by atoms with E-state index < -0.39 is 0 Å². The van der Waals surface area contributed by atoms with Crippen molar-refractivity contribution in [3.05, 3.63) is 53.9 Å². The first kappa shape index (κ1) is 20.8. The number of hydrogen-bond acceptors (Lipinski definition) is 7. The Hall–Kier alpha value is -3.46. The molecule has 1 N–H and O–H groups in total. The molecule has 0 unspecified atom stereocenters. The third-order valence-corrected chi connectivity index (χ3v) is 5.48. The van der Waals surface area contributed by atoms with Crippen LogP contribution in [0.1, 0.15) is 37.0 Å². The number of nitrogens with one attached hydrogen (secondary N) is 1. The summed E-state index contributed by atoms with van der Waals surface area (Å²) in [7, 11) is 1.57. The molecule has 0 atom stereocenters. The van der Waals surface area contributed by atoms with E-state index in [1.165, 1.54) is 11.3 Å². The first-order chi connectivity index (χ1) is 15.0. The van der Waals surface area contributed by atoms with E-state index in [-0.39, 0.29) is 12.0 Å². The van der Waals surface area contributed by atoms with E-state index in [4.69, 9.17) is 9.47 Å². The first-order valence-corrected chi connectivity index (χ1v) is 10.8. The third-order valence-electron chi connectivity index (χ3n) is 4.53. The second kappa shape index (κ2) is 8.73. The zero-order chi connectivity index (χ0) is 22.0. The molecule has 0 aliphatic carbocycles. The zero-order valence-electron chi connectivity index (χ0n) is 17.7. The second-order valence-corrected chi connectivity index (χ2v) is 8.09. The Balaban J connectivity index is 1.63. The summed E-state index contributed by atoms with van der Waals surface area (Å²) < 4.78 is 12.9. The van der Waals surface area contributed by atoms with Crippen molar-refractivity contribution in [1.82, 2.24) is 19.8 Å². The van der Waals surface area contributed by atoms with Crippen molar-refractivity contribution in [2.75, 3.05) is 12.4 Å². The maximum Gasteiger partial charge on any atom is 0.255 e. The number of aryl methyl sites for hydroxylation is 1. The number of anilines is 1. The van der Waals surface area contributed by atoms with Gasteiger partial charge in [0, 0.05) is 17.5 Å². The van der Waals surface area contributed by atoms with Crippen molar-refractivity contribution in [3.63, 3.8) is 0 Å². The number of rotatable bonds is 7. The van der Waals surface area contributed by atoms with Crippen molar-refractivity contribution in [3.8, 4) is 22.1 Å². The van der Waals surface area contributed by atoms with E-state index >= 15 is 0 Å². The van der Waals surface area contributed by atoms with Crippen LogP contribution in [-0.2, 0) is 6.42 Å². The molecule has 4 rings (SSSR count). The molecule has 31 heavy (non-hydrogen) atoms. The van der Waals surface area contributed by atoms with Gasteiger partial charge in [-0.2, -0.15) is 9.61 Å². The molecule has 0 saturated carbocycles. The van der Waals surface area contributed by atoms with E-state index in [0.717, 1.165) is 27.8 Å². The Bertz CT molecular complexity index is 1230. The smallest absolute Gasteiger partial charge is 0.255 e. The predicted molar refractivity (Wildman–Crippen MR) is 120 cm³/mol. The number of benzene rings is 2. The number of aromatic nitrogens is 4. The van der Waals surface area contributed by atoms with Crippen LogP contribution < -0.4 is 14.8 Å². The summed E-state index contributed by atoms with van der Waals surface area (Å²) >= 11 is 1.44. The highest BCUT2D eigenvalue weighted by molar-refractivity contribution is 7.19. The standard InChI is InChI=1S/C22H23N5O3S/c1-5-19-24-25-22-27(19)26-21(31-22)15-9-10-18(29-4)17(12-15)23-20(28)14-7-6-8-16(11-14)30-13(2)3/h6-13H,5H2,1-4H3,(H,23,28). The molecule has 0 bridgehead atoms. The summed E-state index contributed by atoms with van der Waals surface area (Å²) in [5.41, 5.74) is 1.91. The molecule has 1 amide bonds. The maximum atomic E-state index is 12.9. The van der Waals surface area contributed by atoms with Gasteiger partial charge < -0.3 is 14.8 Å². The van der Waals surface area contributed by atoms with Gasteiger partial charge in [0.1, 0.15) is 16.5 Å². The Kier molecular flexibility index (Phi) is 5.85. The molecule has 2 heterocycles. The molecule has 8 nitrogen and oxygen atoms in total. The Morgan fingerprint density at radius 2 is 2.03 bits per heavy atom. The maximum absolute atomic E-state index is 12.9. The SMILES string of the molecule is CCc1nnc2sc(-c3ccc(OC)c(NC(=O)c4cccc(OC(C)C)c4)c3)nn12. The van der Waals surface area contributed by atoms with Crippen LogP contribution in [0.5, 0.6) is 11.5 Å². The van der Waals surface area contributed by atoms with Gasteiger partial charge in [-0.25, -0.2) is 0 Å². The first-order valence-electron chi connectivity index (χ1n) is 9.96. The van der Waals surface area contributed by atoms with Gasteiger partial charge >= 0.3 is 0 Å². The number of hydrogen-bond donors (Lipinski definition) is 1. The van der Waals surface area contributed by atoms with E-state index in [9.17, 15) is 4.79 Å². The molecule has 2 aromatic carbocycles. The highest BCUT2D eigenvalue weighted by atomic mass is 32.1. The Labute approximate surface area is 183 Å². The fraction of sp³-hybridized carbons (Fsp3) is 0.273. The van der Waals surface area contributed by atoms with Gasteiger partial charge in [-0.15, -0.1) is 10.2 Å². The number of fused-ring (bicyclic) bond motifs is 1. The summed E-state index contributed by atoms with van der Waals surface area (Å²) in [5, 5.41) is 16.6. The summed E-state index contributed by atoms with van der Waals surface area (Å²) in [6.45, 7) is 5.90. The number of carbonyl (C=O) groups excluding carboxylic acids is 1. The lowest BCUT2D eigenvalue weighted by molar-refractivity contribution is 0.102. The monoisotopic (exact) mass is 437 g/mol. The molecule has 0 fully saturated rings. The van der Waals surface area contributed by atoms with Gasteiger partial charge in [-0.3, -0.25) is 4.79 Å². The summed E-state index contributed by atoms with van der Waals surface area (Å²) in [6.07, 6.45) is 0.770. The zero-order valence-corrected chi connectivity index (χ0v) is 18.6. The van der Waals surface area contributed by atoms with Crippen LogP contribution in [-0.4, -0.2) is 38.9 Å². The minimum absolute atomic E-state index is 0.0258. The van der Waals surface area contributed by atoms with Crippen LogP contribution >= 0.6 is 11.3 Å². The quantitative estimate of drug-likeness (QED) is 0.459. The molecule has 0 aliphatic rings. The summed E-state index contributed by atoms with van der Waals surface area (Å²) in [6, 6.07) is 12.7. The van der Waals surface area contributed by atoms with E-state index in [0.29, 0.717) is 22.7 Å². The van der Waals surface area contributed by atoms with Gasteiger partial charge in [0.25, 0.3) is 5.91 Å². The van der Waals surface area contributed by atoms with Crippen LogP contribution in [0.3, 0.4) is 0 Å². The number of ether oxygens (including phenoxy) is 2. The lowest BCUT2D eigenvalue weighted by Crippen LogP contribution is -2.13. The minimum Gasteiger partial charge on any atom is -0.495 e. The van der Waals surface area contributed by atoms with Gasteiger partial charge in [0.15, 0.2) is 5.82 Å². The fourth-order valence-electron chi connectivity index (χ4n) is 3.11. The fourth-order valence-corrected chi connectivity index (χ4v) is 3.97. The number of methoxy groups -OCH3 is 1. The largest absolute Gasteiger partial charge is 0.495 e. The van der Waals surface area contributed by atoms with Crippen LogP contribution in [0.25, 0.3) is 15.5 Å². The molecule has 160 valence electrons. The molecule has 0 saturated heterocycles. The van der Waals surface area contributed by atoms with Gasteiger partial charge in [-0.1, -0.05) is 24.3 Å². The van der Waals surface area contributed by atoms with Gasteiger partial charge in [0.2, 0.25) is 4.96 Å². The van der Waals surface area contributed by atoms with Crippen molar-refractivity contribution < 1.29 is 14.3 Å². The Morgan fingerprint density at radius 1 is 1.19 bits per heavy atom. The number of carbonyl (C=O) groups is 1. The average Bonchev–Trinajstić information content (AvgIpc) is 3.34. The Morgan fingerprint density at radius 3 is 2.77 bits per heavy atom. The summed E-state index contributed by atoms with van der Waals surface area (Å²) in [4.78, 5) is 13.6. The highest BCUT2D eigenvalue weighted by Gasteiger charge is 2.16. The lowest BCUT2D eigenvalue weighted by atomic mass is 10.1. The topological polar surface area (TPSA) is 90.6 Å². The average molecular weight is 438 g/mol. The second-order valence-electron chi connectivity index (χ2n) is 7.13. The van der Waals surface area contributed by atoms with Crippen LogP contribution in [0, 0.1) is 0 Å². The molecule has 4 aromatic rings. The summed E-state index contributed by atoms with van der Waals surface area (Å²) in [5.74, 6) is 1.76. The predicted octanol–water partition coefficient (Wildman–Crippen LogP) is 4.46. The normalized spacial score (nSPS) is 11.1. The van der Waals surface area contributed by atoms with Gasteiger partial charge in [0.05, 0.1) is 18.9 Å². The van der Waals surface area contributed by atoms with Gasteiger partial charge in [-0.05, 0) is 50.2 Å². The highest BCUT2D eigenvalue weighted by Crippen LogP contribution is 2.33. The number of amides is 1. The molecule has 9 heteroatoms. The molecule has 2 aromatic heterocycles. The molecular formula is C22H23N5O3S. The van der Waals surface area contributed by atoms with Crippen molar-refractivity contribution in [2.24, 2.45) is 0 Å². The van der Waals surface area contributed by atoms with Crippen molar-refractivity contribution >= 4 is 27.9 Å². The van der Waals surface area contributed by atoms with Crippen LogP contribution in [0.2, 0.25) is 0 Å². The molecular weight excluding hydrogens is 414 g/mol. The number of nitrogens with zero attached hydrogens (tertiary/aromatic N) is 4. The van der Waals surface area contributed by atoms with Crippen molar-refractivity contribution in [1.29, 1.82) is 0 Å².